The van der Waals surface area contributed by atoms with Crippen molar-refractivity contribution in [3.05, 3.63) is 77.6 Å². The van der Waals surface area contributed by atoms with Gasteiger partial charge < -0.3 is 10.2 Å². The topological polar surface area (TPSA) is 65.2 Å². The Hall–Kier alpha value is -3.32. The molecule has 0 saturated carbocycles. The molecular formula is C24H24N2O2. The van der Waals surface area contributed by atoms with E-state index < -0.39 is 0 Å². The number of terminal acetylenes is 1. The Morgan fingerprint density at radius 2 is 2.04 bits per heavy atom. The molecule has 3 unspecified atom stereocenters. The smallest absolute Gasteiger partial charge is 0.124 e. The molecule has 142 valence electrons. The molecule has 2 aliphatic heterocycles. The molecule has 0 aromatic heterocycles. The quantitative estimate of drug-likeness (QED) is 0.463. The first-order valence-electron chi connectivity index (χ1n) is 9.32. The van der Waals surface area contributed by atoms with Crippen molar-refractivity contribution in [2.75, 3.05) is 0 Å². The molecule has 3 atom stereocenters. The molecule has 4 nitrogen and oxygen atoms in total. The first-order valence-corrected chi connectivity index (χ1v) is 9.32. The lowest BCUT2D eigenvalue weighted by Crippen LogP contribution is -2.29. The van der Waals surface area contributed by atoms with E-state index in [1.807, 2.05) is 31.2 Å². The summed E-state index contributed by atoms with van der Waals surface area (Å²) in [7, 11) is 0. The van der Waals surface area contributed by atoms with E-state index in [4.69, 9.17) is 16.4 Å². The maximum atomic E-state index is 10.3. The van der Waals surface area contributed by atoms with Crippen molar-refractivity contribution >= 4 is 11.4 Å². The molecular weight excluding hydrogens is 348 g/mol. The third-order valence-corrected chi connectivity index (χ3v) is 4.99. The fourth-order valence-corrected chi connectivity index (χ4v) is 3.38. The number of benzene rings is 1. The lowest BCUT2D eigenvalue weighted by atomic mass is 9.89. The molecule has 1 aromatic rings. The molecule has 4 heteroatoms. The number of para-hydroxylation sites is 1. The molecule has 2 aliphatic rings. The number of rotatable bonds is 4. The minimum absolute atomic E-state index is 0.123. The van der Waals surface area contributed by atoms with Crippen LogP contribution in [0.15, 0.2) is 82.0 Å². The van der Waals surface area contributed by atoms with E-state index in [1.54, 1.807) is 12.1 Å². The van der Waals surface area contributed by atoms with Gasteiger partial charge in [-0.05, 0) is 55.4 Å². The van der Waals surface area contributed by atoms with Crippen LogP contribution in [0.4, 0.5) is 0 Å². The van der Waals surface area contributed by atoms with Gasteiger partial charge in [-0.15, -0.1) is 6.42 Å². The van der Waals surface area contributed by atoms with Crippen molar-refractivity contribution in [1.82, 2.24) is 0 Å². The molecule has 2 heterocycles. The summed E-state index contributed by atoms with van der Waals surface area (Å²) >= 11 is 0. The van der Waals surface area contributed by atoms with Crippen LogP contribution in [-0.4, -0.2) is 33.7 Å². The summed E-state index contributed by atoms with van der Waals surface area (Å²) in [6.45, 7) is 3.94. The molecule has 2 N–H and O–H groups in total. The average Bonchev–Trinajstić information content (AvgIpc) is 2.72. The van der Waals surface area contributed by atoms with E-state index in [2.05, 4.69) is 25.0 Å². The van der Waals surface area contributed by atoms with Gasteiger partial charge in [0.15, 0.2) is 0 Å². The summed E-state index contributed by atoms with van der Waals surface area (Å²) < 4.78 is 0. The first kappa shape index (κ1) is 19.4. The lowest BCUT2D eigenvalue weighted by Gasteiger charge is -2.26. The summed E-state index contributed by atoms with van der Waals surface area (Å²) in [5, 5.41) is 20.4. The number of aromatic hydroxyl groups is 1. The number of aliphatic hydroxyl groups is 1. The highest BCUT2D eigenvalue weighted by molar-refractivity contribution is 6.13. The predicted octanol–water partition coefficient (Wildman–Crippen LogP) is 4.55. The number of aliphatic imine (C=N–C) groups is 2. The van der Waals surface area contributed by atoms with Gasteiger partial charge in [0.05, 0.1) is 23.5 Å². The fourth-order valence-electron chi connectivity index (χ4n) is 3.38. The Kier molecular flexibility index (Phi) is 5.96. The Morgan fingerprint density at radius 3 is 2.79 bits per heavy atom. The molecule has 0 aliphatic carbocycles. The average molecular weight is 372 g/mol. The maximum Gasteiger partial charge on any atom is 0.124 e. The molecule has 0 fully saturated rings. The van der Waals surface area contributed by atoms with Crippen molar-refractivity contribution < 1.29 is 10.2 Å². The molecule has 28 heavy (non-hydrogen) atoms. The molecule has 0 radical (unpaired) electrons. The van der Waals surface area contributed by atoms with Gasteiger partial charge in [0.1, 0.15) is 11.5 Å². The van der Waals surface area contributed by atoms with Gasteiger partial charge in [-0.25, -0.2) is 0 Å². The largest absolute Gasteiger partial charge is 0.508 e. The van der Waals surface area contributed by atoms with Crippen molar-refractivity contribution in [2.24, 2.45) is 15.9 Å². The van der Waals surface area contributed by atoms with E-state index >= 15 is 0 Å². The number of hydrogen-bond acceptors (Lipinski definition) is 4. The van der Waals surface area contributed by atoms with Crippen LogP contribution in [0.25, 0.3) is 0 Å². The molecule has 0 bridgehead atoms. The lowest BCUT2D eigenvalue weighted by molar-refractivity contribution is 0.414. The molecule has 3 rings (SSSR count). The second-order valence-corrected chi connectivity index (χ2v) is 6.97. The van der Waals surface area contributed by atoms with Crippen LogP contribution < -0.4 is 0 Å². The highest BCUT2D eigenvalue weighted by Gasteiger charge is 2.26. The maximum absolute atomic E-state index is 10.3. The van der Waals surface area contributed by atoms with Crippen LogP contribution in [0.1, 0.15) is 25.8 Å². The Bertz CT molecular complexity index is 971. The second-order valence-electron chi connectivity index (χ2n) is 6.97. The van der Waals surface area contributed by atoms with Gasteiger partial charge in [0.25, 0.3) is 0 Å². The Morgan fingerprint density at radius 1 is 1.25 bits per heavy atom. The zero-order valence-corrected chi connectivity index (χ0v) is 16.1. The number of allylic oxidation sites excluding steroid dienone is 3. The molecule has 1 aromatic carbocycles. The number of hydrogen-bond donors (Lipinski definition) is 2. The highest BCUT2D eigenvalue weighted by atomic mass is 16.3. The minimum atomic E-state index is -0.169. The number of aliphatic hydroxyl groups excluding tert-OH is 1. The zero-order chi connectivity index (χ0) is 20.1. The van der Waals surface area contributed by atoms with Gasteiger partial charge in [-0.3, -0.25) is 9.98 Å². The van der Waals surface area contributed by atoms with Crippen LogP contribution in [0.2, 0.25) is 0 Å². The zero-order valence-electron chi connectivity index (χ0n) is 16.1. The van der Waals surface area contributed by atoms with Crippen LogP contribution in [0.3, 0.4) is 0 Å². The third kappa shape index (κ3) is 4.15. The van der Waals surface area contributed by atoms with E-state index in [0.29, 0.717) is 5.56 Å². The normalized spacial score (nSPS) is 25.1. The second kappa shape index (κ2) is 8.58. The van der Waals surface area contributed by atoms with Crippen LogP contribution in [0, 0.1) is 18.3 Å². The van der Waals surface area contributed by atoms with Crippen molar-refractivity contribution in [3.8, 4) is 18.1 Å². The Labute approximate surface area is 166 Å². The summed E-state index contributed by atoms with van der Waals surface area (Å²) in [5.41, 5.74) is 3.10. The number of dihydropyridines is 2. The minimum Gasteiger partial charge on any atom is -0.508 e. The third-order valence-electron chi connectivity index (χ3n) is 4.99. The monoisotopic (exact) mass is 372 g/mol. The van der Waals surface area contributed by atoms with Crippen LogP contribution in [0.5, 0.6) is 5.75 Å². The molecule has 0 saturated heterocycles. The van der Waals surface area contributed by atoms with Gasteiger partial charge >= 0.3 is 0 Å². The molecule has 0 spiro atoms. The van der Waals surface area contributed by atoms with Gasteiger partial charge in [-0.2, -0.15) is 0 Å². The standard InChI is InChI=1S/C24H24N2O2/c1-4-5-12-22(27)17(3)24-16(2)14-15-21(26-24)20-11-8-10-19(25-20)18-9-6-7-13-23(18)28/h1,5-10,12-16,20,24,27-28H,11H2,2-3H3/b12-5-,22-17-. The number of nitrogens with zero attached hydrogens (tertiary/aromatic N) is 2. The SMILES string of the molecule is C#C/C=C\C(O)=C(/C)C1N=C(C2CC=CC(c3ccccc3O)=N2)C=CC1C. The van der Waals surface area contributed by atoms with Gasteiger partial charge in [0, 0.05) is 11.5 Å². The first-order chi connectivity index (χ1) is 13.5. The summed E-state index contributed by atoms with van der Waals surface area (Å²) in [5.74, 6) is 2.90. The summed E-state index contributed by atoms with van der Waals surface area (Å²) in [4.78, 5) is 9.71. The Balaban J connectivity index is 1.92. The van der Waals surface area contributed by atoms with E-state index in [0.717, 1.165) is 23.4 Å². The van der Waals surface area contributed by atoms with E-state index in [9.17, 15) is 10.2 Å². The van der Waals surface area contributed by atoms with Gasteiger partial charge in [0.2, 0.25) is 0 Å². The van der Waals surface area contributed by atoms with E-state index in [1.165, 1.54) is 12.2 Å². The van der Waals surface area contributed by atoms with Crippen molar-refractivity contribution in [2.45, 2.75) is 32.4 Å². The van der Waals surface area contributed by atoms with E-state index in [-0.39, 0.29) is 29.5 Å². The summed E-state index contributed by atoms with van der Waals surface area (Å²) in [6, 6.07) is 6.89. The fraction of sp³-hybridized carbons (Fsp3) is 0.250. The highest BCUT2D eigenvalue weighted by Crippen LogP contribution is 2.27. The van der Waals surface area contributed by atoms with Crippen LogP contribution >= 0.6 is 0 Å². The van der Waals surface area contributed by atoms with Gasteiger partial charge in [-0.1, -0.05) is 37.1 Å². The van der Waals surface area contributed by atoms with Crippen LogP contribution in [-0.2, 0) is 0 Å². The van der Waals surface area contributed by atoms with Crippen molar-refractivity contribution in [3.63, 3.8) is 0 Å². The summed E-state index contributed by atoms with van der Waals surface area (Å²) in [6.07, 6.45) is 17.1. The molecule has 0 amide bonds. The number of phenols is 1. The predicted molar refractivity (Wildman–Crippen MR) is 115 cm³/mol. The number of phenolic OH excluding ortho intramolecular Hbond substituents is 1. The van der Waals surface area contributed by atoms with Crippen molar-refractivity contribution in [1.29, 1.82) is 0 Å².